The van der Waals surface area contributed by atoms with Crippen LogP contribution in [0.4, 0.5) is 4.39 Å². The minimum Gasteiger partial charge on any atom is -0.372 e. The number of benzene rings is 4. The normalized spacial score (nSPS) is 11.1. The SMILES string of the molecule is COC(c1cncnc1)c1cc(C(=O)Cc2ccc(C)cn2)c2ncccc2c1.Cc1cccc(CC(=O)c2cc(C(=O)c3cncc(F)c3)cc3cccnc23)n1.Cc1cccc(CC(=O)c2cc(C(=O)c3cncnc3)cc3cccnc23)n1.Cc1cccc(CC(=O)c2cc(C(=O)c3cncnc3)cc3nccnc23)n1. The van der Waals surface area contributed by atoms with Gasteiger partial charge in [0.05, 0.1) is 70.6 Å². The minimum absolute atomic E-state index is 0.0360. The van der Waals surface area contributed by atoms with Gasteiger partial charge in [-0.25, -0.2) is 34.3 Å². The van der Waals surface area contributed by atoms with Crippen molar-refractivity contribution in [1.82, 2.24) is 79.7 Å². The van der Waals surface area contributed by atoms with E-state index in [-0.39, 0.29) is 77.6 Å². The van der Waals surface area contributed by atoms with Gasteiger partial charge in [-0.1, -0.05) is 42.5 Å². The van der Waals surface area contributed by atoms with E-state index in [1.54, 1.807) is 105 Å². The lowest BCUT2D eigenvalue weighted by Gasteiger charge is -2.17. The second-order valence-corrected chi connectivity index (χ2v) is 26.2. The zero-order chi connectivity index (χ0) is 79.6. The molecule has 558 valence electrons. The highest BCUT2D eigenvalue weighted by Crippen LogP contribution is 2.32. The maximum Gasteiger partial charge on any atom is 0.196 e. The predicted molar refractivity (Wildman–Crippen MR) is 422 cm³/mol. The summed E-state index contributed by atoms with van der Waals surface area (Å²) in [4.78, 5) is 157. The smallest absolute Gasteiger partial charge is 0.196 e. The third-order valence-electron chi connectivity index (χ3n) is 17.9. The summed E-state index contributed by atoms with van der Waals surface area (Å²) >= 11 is 0. The molecular weight excluding hydrogens is 1440 g/mol. The monoisotopic (exact) mass is 1510 g/mol. The van der Waals surface area contributed by atoms with Crippen molar-refractivity contribution in [3.8, 4) is 0 Å². The molecule has 0 bridgehead atoms. The largest absolute Gasteiger partial charge is 0.372 e. The number of fused-ring (bicyclic) bond motifs is 4. The molecule has 0 N–H and O–H groups in total. The average Bonchev–Trinajstić information content (AvgIpc) is 0.808. The van der Waals surface area contributed by atoms with Crippen LogP contribution in [0.2, 0.25) is 0 Å². The van der Waals surface area contributed by atoms with Crippen LogP contribution in [0.3, 0.4) is 0 Å². The average molecular weight is 1510 g/mol. The number of hydrogen-bond acceptors (Lipinski definition) is 24. The molecular formula is C89H67FN16O8. The first-order valence-corrected chi connectivity index (χ1v) is 35.7. The number of hydrogen-bond donors (Lipinski definition) is 0. The molecule has 114 heavy (non-hydrogen) atoms. The molecule has 0 amide bonds. The Morgan fingerprint density at radius 3 is 1.18 bits per heavy atom. The lowest BCUT2D eigenvalue weighted by Crippen LogP contribution is -2.10. The maximum absolute atomic E-state index is 13.5. The first kappa shape index (κ1) is 77.2. The Labute approximate surface area is 651 Å². The number of pyridine rings is 8. The third kappa shape index (κ3) is 19.0. The van der Waals surface area contributed by atoms with E-state index < -0.39 is 11.6 Å². The molecule has 12 heterocycles. The van der Waals surface area contributed by atoms with Crippen molar-refractivity contribution >= 4 is 84.2 Å². The zero-order valence-corrected chi connectivity index (χ0v) is 62.0. The molecule has 0 radical (unpaired) electrons. The van der Waals surface area contributed by atoms with Gasteiger partial charge >= 0.3 is 0 Å². The molecule has 0 spiro atoms. The minimum atomic E-state index is -0.597. The molecule has 0 aliphatic heterocycles. The van der Waals surface area contributed by atoms with Gasteiger partial charge in [0.1, 0.15) is 30.9 Å². The number of carbonyl (C=O) groups excluding carboxylic acids is 7. The number of nitrogens with zero attached hydrogens (tertiary/aromatic N) is 16. The Bertz CT molecular complexity index is 6120. The summed E-state index contributed by atoms with van der Waals surface area (Å²) in [6.45, 7) is 7.58. The number of ether oxygens (including phenoxy) is 1. The molecule has 0 fully saturated rings. The van der Waals surface area contributed by atoms with Crippen molar-refractivity contribution in [1.29, 1.82) is 0 Å². The lowest BCUT2D eigenvalue weighted by molar-refractivity contribution is 0.0984. The highest BCUT2D eigenvalue weighted by Gasteiger charge is 2.25. The van der Waals surface area contributed by atoms with E-state index in [0.717, 1.165) is 62.5 Å². The number of aryl methyl sites for hydroxylation is 4. The molecule has 16 aromatic rings. The van der Waals surface area contributed by atoms with Crippen molar-refractivity contribution in [2.45, 2.75) is 59.5 Å². The van der Waals surface area contributed by atoms with Crippen molar-refractivity contribution in [2.75, 3.05) is 7.11 Å². The summed E-state index contributed by atoms with van der Waals surface area (Å²) in [5.74, 6) is -2.08. The van der Waals surface area contributed by atoms with Gasteiger partial charge in [-0.3, -0.25) is 83.4 Å². The topological polar surface area (TPSA) is 335 Å². The molecule has 16 rings (SSSR count). The molecule has 12 aromatic heterocycles. The van der Waals surface area contributed by atoms with Gasteiger partial charge in [0.15, 0.2) is 40.5 Å². The number of halogens is 1. The van der Waals surface area contributed by atoms with Crippen LogP contribution in [0.1, 0.15) is 152 Å². The van der Waals surface area contributed by atoms with Crippen LogP contribution in [0.5, 0.6) is 0 Å². The quantitative estimate of drug-likeness (QED) is 0.0603. The Hall–Kier alpha value is -15.0. The van der Waals surface area contributed by atoms with E-state index in [1.807, 2.05) is 113 Å². The molecule has 0 saturated heterocycles. The van der Waals surface area contributed by atoms with E-state index in [9.17, 15) is 38.0 Å². The number of ketones is 7. The van der Waals surface area contributed by atoms with Crippen molar-refractivity contribution in [3.63, 3.8) is 0 Å². The summed E-state index contributed by atoms with van der Waals surface area (Å²) in [5.41, 5.74) is 14.1. The molecule has 4 aromatic carbocycles. The van der Waals surface area contributed by atoms with Crippen molar-refractivity contribution < 1.29 is 42.7 Å². The summed E-state index contributed by atoms with van der Waals surface area (Å²) in [7, 11) is 1.63. The van der Waals surface area contributed by atoms with Gasteiger partial charge in [-0.15, -0.1) is 0 Å². The van der Waals surface area contributed by atoms with Gasteiger partial charge in [-0.05, 0) is 154 Å². The molecule has 0 aliphatic carbocycles. The number of methoxy groups -OCH3 is 1. The second-order valence-electron chi connectivity index (χ2n) is 26.2. The van der Waals surface area contributed by atoms with E-state index in [1.165, 1.54) is 68.4 Å². The van der Waals surface area contributed by atoms with E-state index in [2.05, 4.69) is 79.7 Å². The lowest BCUT2D eigenvalue weighted by atomic mass is 9.95. The number of carbonyl (C=O) groups is 7. The third-order valence-corrected chi connectivity index (χ3v) is 17.9. The van der Waals surface area contributed by atoms with Crippen LogP contribution in [0.15, 0.2) is 263 Å². The molecule has 25 heteroatoms. The van der Waals surface area contributed by atoms with Gasteiger partial charge in [0.25, 0.3) is 0 Å². The Morgan fingerprint density at radius 1 is 0.333 bits per heavy atom. The number of rotatable bonds is 21. The van der Waals surface area contributed by atoms with Gasteiger partial charge in [-0.2, -0.15) is 0 Å². The Balaban J connectivity index is 0.000000133. The Kier molecular flexibility index (Phi) is 24.4. The molecule has 0 aliphatic rings. The van der Waals surface area contributed by atoms with Crippen LogP contribution >= 0.6 is 0 Å². The maximum atomic E-state index is 13.5. The molecule has 24 nitrogen and oxygen atoms in total. The fraction of sp³-hybridized carbons (Fsp3) is 0.112. The zero-order valence-electron chi connectivity index (χ0n) is 62.0. The first-order chi connectivity index (χ1) is 55.4. The highest BCUT2D eigenvalue weighted by atomic mass is 19.1. The molecule has 1 unspecified atom stereocenters. The van der Waals surface area contributed by atoms with E-state index in [4.69, 9.17) is 4.74 Å². The van der Waals surface area contributed by atoms with E-state index in [0.29, 0.717) is 94.6 Å². The Morgan fingerprint density at radius 2 is 0.737 bits per heavy atom. The summed E-state index contributed by atoms with van der Waals surface area (Å²) < 4.78 is 19.2. The van der Waals surface area contributed by atoms with Gasteiger partial charge < -0.3 is 4.74 Å². The van der Waals surface area contributed by atoms with Crippen molar-refractivity contribution in [3.05, 3.63) is 381 Å². The second kappa shape index (κ2) is 36.0. The van der Waals surface area contributed by atoms with Crippen LogP contribution in [-0.4, -0.2) is 127 Å². The fourth-order valence-corrected chi connectivity index (χ4v) is 12.6. The van der Waals surface area contributed by atoms with Crippen LogP contribution in [0, 0.1) is 33.5 Å². The highest BCUT2D eigenvalue weighted by molar-refractivity contribution is 6.17. The molecule has 1 atom stereocenters. The fourth-order valence-electron chi connectivity index (χ4n) is 12.6. The summed E-state index contributed by atoms with van der Waals surface area (Å²) in [6.07, 6.45) is 25.7. The van der Waals surface area contributed by atoms with Crippen LogP contribution in [0.25, 0.3) is 43.7 Å². The van der Waals surface area contributed by atoms with Crippen molar-refractivity contribution in [2.24, 2.45) is 0 Å². The molecule has 0 saturated carbocycles. The standard InChI is InChI=1S/C23H16FN3O2.C23H20N4O2.C22H16N4O2.C21H15N5O2/c1-14-4-2-6-19(27-14)11-21(28)20-10-16(8-15-5-3-7-26-22(15)20)23(29)17-9-18(24)13-25-12-17;1-15-5-6-19(27-11-15)10-21(28)20-9-17(8-16-4-3-7-26-22(16)20)23(29-2)18-12-24-14-25-13-18;1-14-4-2-6-18(26-14)10-20(27)19-9-16(8-15-5-3-7-25-21(15)19)22(28)17-11-23-13-24-12-17;1-13-3-2-4-16(26-13)9-19(27)17-7-14(8-18-20(17)25-6-5-24-18)21(28)15-10-22-12-23-11-15/h2-10,12-13H,11H2,1H3;3-9,11-14,23H,10H2,1-2H3;2-9,11-13H,10H2,1H3;2-8,10-12H,9H2,1H3. The number of aromatic nitrogens is 16. The van der Waals surface area contributed by atoms with Gasteiger partial charge in [0, 0.05) is 194 Å². The predicted octanol–water partition coefficient (Wildman–Crippen LogP) is 14.2. The number of Topliss-reactive ketones (excluding diaryl/α,β-unsaturated/α-hetero) is 4. The summed E-state index contributed by atoms with van der Waals surface area (Å²) in [6, 6.07) is 46.0. The van der Waals surface area contributed by atoms with E-state index >= 15 is 0 Å². The van der Waals surface area contributed by atoms with Gasteiger partial charge in [0.2, 0.25) is 0 Å². The van der Waals surface area contributed by atoms with Crippen LogP contribution < -0.4 is 0 Å². The summed E-state index contributed by atoms with van der Waals surface area (Å²) in [5, 5.41) is 2.26. The first-order valence-electron chi connectivity index (χ1n) is 35.7. The van der Waals surface area contributed by atoms with Crippen LogP contribution in [-0.2, 0) is 30.4 Å².